The molecular formula is C11H15NO2S. The fourth-order valence-corrected chi connectivity index (χ4v) is 3.33. The second-order valence-electron chi connectivity index (χ2n) is 4.25. The third-order valence-electron chi connectivity index (χ3n) is 3.30. The highest BCUT2D eigenvalue weighted by molar-refractivity contribution is 7.12. The van der Waals surface area contributed by atoms with E-state index < -0.39 is 11.4 Å². The molecule has 0 aromatic carbocycles. The Morgan fingerprint density at radius 2 is 2.00 bits per heavy atom. The zero-order chi connectivity index (χ0) is 11.1. The fourth-order valence-electron chi connectivity index (χ4n) is 2.18. The van der Waals surface area contributed by atoms with E-state index >= 15 is 0 Å². The molecular weight excluding hydrogens is 210 g/mol. The molecule has 0 radical (unpaired) electrons. The second kappa shape index (κ2) is 3.59. The van der Waals surface area contributed by atoms with E-state index in [0.717, 1.165) is 41.3 Å². The maximum absolute atomic E-state index is 11.4. The standard InChI is InChI=1S/C11H15NO2S/c1-7-8(2)15-9(12-7)11(10(13)14)5-3-4-6-11/h3-6H2,1-2H3,(H,13,14). The van der Waals surface area contributed by atoms with Gasteiger partial charge in [0, 0.05) is 4.88 Å². The average Bonchev–Trinajstić information content (AvgIpc) is 2.75. The molecule has 1 aromatic rings. The average molecular weight is 225 g/mol. The predicted molar refractivity (Wildman–Crippen MR) is 59.4 cm³/mol. The van der Waals surface area contributed by atoms with E-state index in [2.05, 4.69) is 4.98 Å². The van der Waals surface area contributed by atoms with Crippen LogP contribution in [-0.4, -0.2) is 16.1 Å². The molecule has 0 bridgehead atoms. The summed E-state index contributed by atoms with van der Waals surface area (Å²) in [6.07, 6.45) is 3.50. The van der Waals surface area contributed by atoms with Gasteiger partial charge in [-0.15, -0.1) is 11.3 Å². The Morgan fingerprint density at radius 1 is 1.40 bits per heavy atom. The molecule has 1 aromatic heterocycles. The molecule has 2 rings (SSSR count). The van der Waals surface area contributed by atoms with E-state index in [4.69, 9.17) is 0 Å². The summed E-state index contributed by atoms with van der Waals surface area (Å²) in [5.74, 6) is -0.700. The molecule has 0 saturated heterocycles. The van der Waals surface area contributed by atoms with Crippen molar-refractivity contribution in [2.24, 2.45) is 0 Å². The van der Waals surface area contributed by atoms with E-state index in [9.17, 15) is 9.90 Å². The van der Waals surface area contributed by atoms with Gasteiger partial charge in [-0.3, -0.25) is 4.79 Å². The molecule has 15 heavy (non-hydrogen) atoms. The molecule has 0 unspecified atom stereocenters. The molecule has 82 valence electrons. The molecule has 0 amide bonds. The Kier molecular flexibility index (Phi) is 2.54. The van der Waals surface area contributed by atoms with Crippen molar-refractivity contribution in [3.63, 3.8) is 0 Å². The topological polar surface area (TPSA) is 50.2 Å². The second-order valence-corrected chi connectivity index (χ2v) is 5.46. The lowest BCUT2D eigenvalue weighted by Crippen LogP contribution is -2.32. The van der Waals surface area contributed by atoms with E-state index in [1.54, 1.807) is 11.3 Å². The summed E-state index contributed by atoms with van der Waals surface area (Å²) in [5, 5.41) is 10.2. The molecule has 1 fully saturated rings. The third kappa shape index (κ3) is 1.57. The summed E-state index contributed by atoms with van der Waals surface area (Å²) in [7, 11) is 0. The lowest BCUT2D eigenvalue weighted by atomic mass is 9.87. The van der Waals surface area contributed by atoms with Gasteiger partial charge in [0.15, 0.2) is 0 Å². The molecule has 1 saturated carbocycles. The van der Waals surface area contributed by atoms with Crippen LogP contribution in [0.4, 0.5) is 0 Å². The van der Waals surface area contributed by atoms with Crippen LogP contribution in [0.1, 0.15) is 41.3 Å². The molecule has 0 aliphatic heterocycles. The van der Waals surface area contributed by atoms with Crippen LogP contribution in [-0.2, 0) is 10.2 Å². The van der Waals surface area contributed by atoms with Gasteiger partial charge in [-0.05, 0) is 26.7 Å². The van der Waals surface area contributed by atoms with E-state index in [1.807, 2.05) is 13.8 Å². The van der Waals surface area contributed by atoms with Crippen molar-refractivity contribution in [2.75, 3.05) is 0 Å². The van der Waals surface area contributed by atoms with Gasteiger partial charge in [-0.25, -0.2) is 4.98 Å². The first kappa shape index (κ1) is 10.6. The quantitative estimate of drug-likeness (QED) is 0.841. The van der Waals surface area contributed by atoms with Crippen LogP contribution >= 0.6 is 11.3 Å². The van der Waals surface area contributed by atoms with Crippen LogP contribution in [0.5, 0.6) is 0 Å². The van der Waals surface area contributed by atoms with Crippen LogP contribution < -0.4 is 0 Å². The number of nitrogens with zero attached hydrogens (tertiary/aromatic N) is 1. The molecule has 3 nitrogen and oxygen atoms in total. The number of carboxylic acid groups (broad SMARTS) is 1. The Balaban J connectivity index is 2.45. The van der Waals surface area contributed by atoms with E-state index in [-0.39, 0.29) is 0 Å². The summed E-state index contributed by atoms with van der Waals surface area (Å²) < 4.78 is 0. The number of carboxylic acids is 1. The summed E-state index contributed by atoms with van der Waals surface area (Å²) in [4.78, 5) is 17.0. The molecule has 0 atom stereocenters. The smallest absolute Gasteiger partial charge is 0.316 e. The normalized spacial score (nSPS) is 19.3. The van der Waals surface area contributed by atoms with Crippen LogP contribution in [0.2, 0.25) is 0 Å². The van der Waals surface area contributed by atoms with Gasteiger partial charge in [-0.1, -0.05) is 12.8 Å². The van der Waals surface area contributed by atoms with Gasteiger partial charge in [0.1, 0.15) is 10.4 Å². The summed E-state index contributed by atoms with van der Waals surface area (Å²) in [6.45, 7) is 3.95. The minimum Gasteiger partial charge on any atom is -0.481 e. The molecule has 1 aliphatic carbocycles. The highest BCUT2D eigenvalue weighted by Gasteiger charge is 2.45. The predicted octanol–water partition coefficient (Wildman–Crippen LogP) is 2.66. The number of carbonyl (C=O) groups is 1. The van der Waals surface area contributed by atoms with Gasteiger partial charge < -0.3 is 5.11 Å². The number of rotatable bonds is 2. The number of aromatic nitrogens is 1. The Bertz CT molecular complexity index is 372. The maximum Gasteiger partial charge on any atom is 0.316 e. The Morgan fingerprint density at radius 3 is 2.40 bits per heavy atom. The minimum absolute atomic E-state index is 0.677. The molecule has 0 spiro atoms. The van der Waals surface area contributed by atoms with Crippen LogP contribution in [0, 0.1) is 13.8 Å². The van der Waals surface area contributed by atoms with Crippen molar-refractivity contribution in [1.29, 1.82) is 0 Å². The summed E-state index contributed by atoms with van der Waals surface area (Å²) in [6, 6.07) is 0. The summed E-state index contributed by atoms with van der Waals surface area (Å²) >= 11 is 1.55. The monoisotopic (exact) mass is 225 g/mol. The minimum atomic E-state index is -0.700. The van der Waals surface area contributed by atoms with Crippen molar-refractivity contribution >= 4 is 17.3 Å². The lowest BCUT2D eigenvalue weighted by Gasteiger charge is -2.20. The van der Waals surface area contributed by atoms with Crippen molar-refractivity contribution in [3.8, 4) is 0 Å². The van der Waals surface area contributed by atoms with Crippen molar-refractivity contribution in [3.05, 3.63) is 15.6 Å². The zero-order valence-corrected chi connectivity index (χ0v) is 9.86. The van der Waals surface area contributed by atoms with Crippen LogP contribution in [0.25, 0.3) is 0 Å². The van der Waals surface area contributed by atoms with Crippen molar-refractivity contribution < 1.29 is 9.90 Å². The number of hydrogen-bond donors (Lipinski definition) is 1. The van der Waals surface area contributed by atoms with Crippen molar-refractivity contribution in [2.45, 2.75) is 44.9 Å². The first-order valence-corrected chi connectivity index (χ1v) is 6.06. The number of thiazole rings is 1. The molecule has 1 aliphatic rings. The van der Waals surface area contributed by atoms with E-state index in [1.165, 1.54) is 0 Å². The first-order chi connectivity index (χ1) is 7.06. The number of aliphatic carboxylic acids is 1. The summed E-state index contributed by atoms with van der Waals surface area (Å²) in [5.41, 5.74) is 0.298. The fraction of sp³-hybridized carbons (Fsp3) is 0.636. The van der Waals surface area contributed by atoms with Crippen LogP contribution in [0.15, 0.2) is 0 Å². The number of aryl methyl sites for hydroxylation is 2. The molecule has 4 heteroatoms. The highest BCUT2D eigenvalue weighted by atomic mass is 32.1. The van der Waals surface area contributed by atoms with Gasteiger partial charge in [0.05, 0.1) is 5.69 Å². The first-order valence-electron chi connectivity index (χ1n) is 5.24. The highest BCUT2D eigenvalue weighted by Crippen LogP contribution is 2.43. The third-order valence-corrected chi connectivity index (χ3v) is 4.58. The van der Waals surface area contributed by atoms with E-state index in [0.29, 0.717) is 0 Å². The van der Waals surface area contributed by atoms with Gasteiger partial charge in [0.2, 0.25) is 0 Å². The molecule has 1 N–H and O–H groups in total. The Hall–Kier alpha value is -0.900. The van der Waals surface area contributed by atoms with Gasteiger partial charge in [0.25, 0.3) is 0 Å². The maximum atomic E-state index is 11.4. The largest absolute Gasteiger partial charge is 0.481 e. The van der Waals surface area contributed by atoms with Gasteiger partial charge in [-0.2, -0.15) is 0 Å². The number of hydrogen-bond acceptors (Lipinski definition) is 3. The molecule has 1 heterocycles. The lowest BCUT2D eigenvalue weighted by molar-refractivity contribution is -0.143. The Labute approximate surface area is 93.2 Å². The zero-order valence-electron chi connectivity index (χ0n) is 9.04. The van der Waals surface area contributed by atoms with Crippen LogP contribution in [0.3, 0.4) is 0 Å². The van der Waals surface area contributed by atoms with Gasteiger partial charge >= 0.3 is 5.97 Å². The SMILES string of the molecule is Cc1nc(C2(C(=O)O)CCCC2)sc1C. The van der Waals surface area contributed by atoms with Crippen molar-refractivity contribution in [1.82, 2.24) is 4.98 Å².